The molecule has 0 saturated carbocycles. The van der Waals surface area contributed by atoms with Crippen molar-refractivity contribution in [2.75, 3.05) is 5.73 Å². The van der Waals surface area contributed by atoms with Crippen LogP contribution in [0.15, 0.2) is 17.5 Å². The molecule has 3 heteroatoms. The smallest absolute Gasteiger partial charge is 0.0516 e. The maximum absolute atomic E-state index is 6.11. The summed E-state index contributed by atoms with van der Waals surface area (Å²) in [5.41, 5.74) is 7.75. The zero-order valence-corrected chi connectivity index (χ0v) is 8.88. The van der Waals surface area contributed by atoms with Crippen LogP contribution in [-0.2, 0) is 6.42 Å². The van der Waals surface area contributed by atoms with Gasteiger partial charge in [-0.2, -0.15) is 0 Å². The maximum Gasteiger partial charge on any atom is 0.0516 e. The SMILES string of the molecule is CCc1csc2cc(N)cc(Cl)c12. The molecule has 0 saturated heterocycles. The lowest BCUT2D eigenvalue weighted by atomic mass is 10.1. The minimum Gasteiger partial charge on any atom is -0.399 e. The van der Waals surface area contributed by atoms with Crippen molar-refractivity contribution < 1.29 is 0 Å². The average Bonchev–Trinajstić information content (AvgIpc) is 2.47. The fraction of sp³-hybridized carbons (Fsp3) is 0.200. The third-order valence-corrected chi connectivity index (χ3v) is 3.38. The van der Waals surface area contributed by atoms with Crippen LogP contribution in [0, 0.1) is 0 Å². The molecule has 0 atom stereocenters. The molecule has 1 nitrogen and oxygen atoms in total. The second-order valence-corrected chi connectivity index (χ2v) is 4.31. The van der Waals surface area contributed by atoms with Crippen LogP contribution in [0.5, 0.6) is 0 Å². The second-order valence-electron chi connectivity index (χ2n) is 2.99. The number of nitrogens with two attached hydrogens (primary N) is 1. The molecule has 0 unspecified atom stereocenters. The van der Waals surface area contributed by atoms with Crippen molar-refractivity contribution in [1.82, 2.24) is 0 Å². The second kappa shape index (κ2) is 3.20. The van der Waals surface area contributed by atoms with Crippen molar-refractivity contribution in [3.63, 3.8) is 0 Å². The van der Waals surface area contributed by atoms with Crippen LogP contribution in [0.25, 0.3) is 10.1 Å². The molecule has 0 aliphatic carbocycles. The van der Waals surface area contributed by atoms with Gasteiger partial charge in [-0.25, -0.2) is 0 Å². The molecule has 1 heterocycles. The van der Waals surface area contributed by atoms with Crippen LogP contribution in [-0.4, -0.2) is 0 Å². The zero-order chi connectivity index (χ0) is 9.42. The van der Waals surface area contributed by atoms with Crippen LogP contribution < -0.4 is 5.73 Å². The fourth-order valence-electron chi connectivity index (χ4n) is 1.46. The summed E-state index contributed by atoms with van der Waals surface area (Å²) in [6, 6.07) is 3.79. The molecule has 0 radical (unpaired) electrons. The number of benzene rings is 1. The highest BCUT2D eigenvalue weighted by atomic mass is 35.5. The monoisotopic (exact) mass is 211 g/mol. The van der Waals surface area contributed by atoms with Crippen LogP contribution in [0.1, 0.15) is 12.5 Å². The van der Waals surface area contributed by atoms with Gasteiger partial charge in [-0.05, 0) is 29.5 Å². The van der Waals surface area contributed by atoms with Gasteiger partial charge in [0.15, 0.2) is 0 Å². The molecule has 0 amide bonds. The first-order valence-electron chi connectivity index (χ1n) is 4.17. The van der Waals surface area contributed by atoms with E-state index in [-0.39, 0.29) is 0 Å². The molecule has 0 spiro atoms. The Morgan fingerprint density at radius 1 is 1.46 bits per heavy atom. The summed E-state index contributed by atoms with van der Waals surface area (Å²) < 4.78 is 1.18. The number of thiophene rings is 1. The lowest BCUT2D eigenvalue weighted by molar-refractivity contribution is 1.17. The van der Waals surface area contributed by atoms with Gasteiger partial charge in [-0.15, -0.1) is 11.3 Å². The third-order valence-electron chi connectivity index (χ3n) is 2.11. The van der Waals surface area contributed by atoms with Crippen molar-refractivity contribution in [1.29, 1.82) is 0 Å². The molecule has 0 aliphatic heterocycles. The van der Waals surface area contributed by atoms with E-state index in [0.29, 0.717) is 0 Å². The summed E-state index contributed by atoms with van der Waals surface area (Å²) >= 11 is 7.82. The van der Waals surface area contributed by atoms with E-state index in [4.69, 9.17) is 17.3 Å². The van der Waals surface area contributed by atoms with Crippen LogP contribution in [0.2, 0.25) is 5.02 Å². The maximum atomic E-state index is 6.11. The highest BCUT2D eigenvalue weighted by molar-refractivity contribution is 7.17. The minimum atomic E-state index is 0.738. The predicted octanol–water partition coefficient (Wildman–Crippen LogP) is 3.70. The van der Waals surface area contributed by atoms with Crippen molar-refractivity contribution in [2.24, 2.45) is 0 Å². The van der Waals surface area contributed by atoms with Crippen molar-refractivity contribution >= 4 is 38.7 Å². The van der Waals surface area contributed by atoms with Crippen molar-refractivity contribution in [3.8, 4) is 0 Å². The van der Waals surface area contributed by atoms with Gasteiger partial charge in [0.25, 0.3) is 0 Å². The fourth-order valence-corrected chi connectivity index (χ4v) is 2.98. The molecule has 1 aromatic heterocycles. The zero-order valence-electron chi connectivity index (χ0n) is 7.30. The van der Waals surface area contributed by atoms with E-state index in [0.717, 1.165) is 17.1 Å². The summed E-state index contributed by atoms with van der Waals surface area (Å²) in [6.45, 7) is 2.13. The Bertz CT molecular complexity index is 447. The van der Waals surface area contributed by atoms with Crippen LogP contribution >= 0.6 is 22.9 Å². The number of nitrogen functional groups attached to an aromatic ring is 1. The van der Waals surface area contributed by atoms with Gasteiger partial charge in [0, 0.05) is 15.8 Å². The first kappa shape index (κ1) is 8.85. The molecule has 0 aliphatic rings. The summed E-state index contributed by atoms with van der Waals surface area (Å²) in [5, 5.41) is 4.09. The average molecular weight is 212 g/mol. The first-order valence-corrected chi connectivity index (χ1v) is 5.43. The summed E-state index contributed by atoms with van der Waals surface area (Å²) in [4.78, 5) is 0. The van der Waals surface area contributed by atoms with E-state index in [9.17, 15) is 0 Å². The van der Waals surface area contributed by atoms with E-state index in [2.05, 4.69) is 12.3 Å². The standard InChI is InChI=1S/C10H10ClNS/c1-2-6-5-13-9-4-7(12)3-8(11)10(6)9/h3-5H,2,12H2,1H3. The summed E-state index contributed by atoms with van der Waals surface area (Å²) in [6.07, 6.45) is 1.02. The van der Waals surface area contributed by atoms with Gasteiger partial charge in [-0.1, -0.05) is 18.5 Å². The van der Waals surface area contributed by atoms with Gasteiger partial charge in [-0.3, -0.25) is 0 Å². The number of aryl methyl sites for hydroxylation is 1. The molecule has 2 aromatic rings. The normalized spacial score (nSPS) is 10.9. The molecular weight excluding hydrogens is 202 g/mol. The van der Waals surface area contributed by atoms with E-state index in [1.165, 1.54) is 15.6 Å². The van der Waals surface area contributed by atoms with Crippen LogP contribution in [0.3, 0.4) is 0 Å². The first-order chi connectivity index (χ1) is 6.22. The van der Waals surface area contributed by atoms with Gasteiger partial charge in [0.2, 0.25) is 0 Å². The Balaban J connectivity index is 2.82. The molecule has 13 heavy (non-hydrogen) atoms. The number of hydrogen-bond donors (Lipinski definition) is 1. The molecule has 68 valence electrons. The molecule has 1 aromatic carbocycles. The van der Waals surface area contributed by atoms with Gasteiger partial charge >= 0.3 is 0 Å². The van der Waals surface area contributed by atoms with E-state index in [1.54, 1.807) is 11.3 Å². The van der Waals surface area contributed by atoms with Crippen molar-refractivity contribution in [3.05, 3.63) is 28.1 Å². The lowest BCUT2D eigenvalue weighted by Gasteiger charge is -1.99. The highest BCUT2D eigenvalue weighted by Crippen LogP contribution is 2.34. The Morgan fingerprint density at radius 3 is 2.92 bits per heavy atom. The number of anilines is 1. The number of hydrogen-bond acceptors (Lipinski definition) is 2. The summed E-state index contributed by atoms with van der Waals surface area (Å²) in [5.74, 6) is 0. The Kier molecular flexibility index (Phi) is 2.18. The highest BCUT2D eigenvalue weighted by Gasteiger charge is 2.06. The topological polar surface area (TPSA) is 26.0 Å². The molecule has 2 rings (SSSR count). The minimum absolute atomic E-state index is 0.738. The molecular formula is C10H10ClNS. The van der Waals surface area contributed by atoms with Crippen LogP contribution in [0.4, 0.5) is 5.69 Å². The molecule has 0 bridgehead atoms. The van der Waals surface area contributed by atoms with E-state index in [1.807, 2.05) is 12.1 Å². The predicted molar refractivity (Wildman–Crippen MR) is 60.6 cm³/mol. The Hall–Kier alpha value is -0.730. The number of fused-ring (bicyclic) bond motifs is 1. The van der Waals surface area contributed by atoms with E-state index >= 15 is 0 Å². The van der Waals surface area contributed by atoms with E-state index < -0.39 is 0 Å². The van der Waals surface area contributed by atoms with Gasteiger partial charge in [0.1, 0.15) is 0 Å². The lowest BCUT2D eigenvalue weighted by Crippen LogP contribution is -1.84. The van der Waals surface area contributed by atoms with Crippen molar-refractivity contribution in [2.45, 2.75) is 13.3 Å². The quantitative estimate of drug-likeness (QED) is 0.716. The third kappa shape index (κ3) is 1.40. The summed E-state index contributed by atoms with van der Waals surface area (Å²) in [7, 11) is 0. The Morgan fingerprint density at radius 2 is 2.23 bits per heavy atom. The van der Waals surface area contributed by atoms with Gasteiger partial charge < -0.3 is 5.73 Å². The molecule has 2 N–H and O–H groups in total. The number of rotatable bonds is 1. The number of halogens is 1. The Labute approximate surface area is 86.1 Å². The molecule has 0 fully saturated rings. The largest absolute Gasteiger partial charge is 0.399 e. The van der Waals surface area contributed by atoms with Gasteiger partial charge in [0.05, 0.1) is 5.02 Å².